The first-order valence-electron chi connectivity index (χ1n) is 8.89. The Kier molecular flexibility index (Phi) is 4.13. The zero-order valence-electron chi connectivity index (χ0n) is 15.7. The van der Waals surface area contributed by atoms with Crippen molar-refractivity contribution in [1.29, 1.82) is 0 Å². The van der Waals surface area contributed by atoms with Crippen LogP contribution in [0.5, 0.6) is 0 Å². The van der Waals surface area contributed by atoms with Crippen LogP contribution in [0.25, 0.3) is 11.2 Å². The highest BCUT2D eigenvalue weighted by Gasteiger charge is 2.27. The lowest BCUT2D eigenvalue weighted by molar-refractivity contribution is 0.198. The van der Waals surface area contributed by atoms with Gasteiger partial charge in [0.05, 0.1) is 6.10 Å². The van der Waals surface area contributed by atoms with E-state index in [-0.39, 0.29) is 17.7 Å². The topological polar surface area (TPSA) is 146 Å². The Morgan fingerprint density at radius 3 is 2.70 bits per heavy atom. The average Bonchev–Trinajstić information content (AvgIpc) is 3.32. The summed E-state index contributed by atoms with van der Waals surface area (Å²) < 4.78 is 0. The molecule has 3 aromatic rings. The van der Waals surface area contributed by atoms with Crippen LogP contribution < -0.4 is 10.2 Å². The van der Waals surface area contributed by atoms with E-state index in [0.29, 0.717) is 48.3 Å². The molecule has 12 heteroatoms. The van der Waals surface area contributed by atoms with Crippen molar-refractivity contribution in [2.45, 2.75) is 51.8 Å². The van der Waals surface area contributed by atoms with Crippen molar-refractivity contribution in [2.24, 2.45) is 0 Å². The molecule has 0 aromatic carbocycles. The van der Waals surface area contributed by atoms with Crippen LogP contribution in [-0.4, -0.2) is 75.4 Å². The van der Waals surface area contributed by atoms with Gasteiger partial charge in [-0.3, -0.25) is 0 Å². The largest absolute Gasteiger partial charge is 0.391 e. The molecule has 0 aliphatic carbocycles. The minimum Gasteiger partial charge on any atom is -0.391 e. The van der Waals surface area contributed by atoms with Crippen molar-refractivity contribution in [3.05, 3.63) is 5.82 Å². The molecule has 2 unspecified atom stereocenters. The standard InChI is InChI=1S/C15H23N11O/c1-8(11-19-23-24-20-11)26-21-10-12(22-26)16-14(18-15(2,3)4)17-13(10)25-6-5-9(27)7-25/h8-9,27H,5-7H2,1-4H3,(H,16,18,22)(H,19,20,23,24). The lowest BCUT2D eigenvalue weighted by Gasteiger charge is -2.22. The molecule has 0 bridgehead atoms. The maximum atomic E-state index is 9.94. The number of H-pyrrole nitrogens is 1. The Hall–Kier alpha value is -2.89. The van der Waals surface area contributed by atoms with Crippen molar-refractivity contribution in [3.8, 4) is 0 Å². The second-order valence-electron chi connectivity index (χ2n) is 7.77. The highest BCUT2D eigenvalue weighted by atomic mass is 16.3. The van der Waals surface area contributed by atoms with Gasteiger partial charge in [-0.15, -0.1) is 20.4 Å². The molecule has 4 rings (SSSR count). The Labute approximate surface area is 155 Å². The van der Waals surface area contributed by atoms with Gasteiger partial charge in [-0.2, -0.15) is 20.0 Å². The van der Waals surface area contributed by atoms with E-state index in [2.05, 4.69) is 46.1 Å². The van der Waals surface area contributed by atoms with Gasteiger partial charge in [-0.1, -0.05) is 5.21 Å². The molecule has 0 radical (unpaired) electrons. The summed E-state index contributed by atoms with van der Waals surface area (Å²) in [5.74, 6) is 1.62. The van der Waals surface area contributed by atoms with E-state index in [0.717, 1.165) is 0 Å². The zero-order chi connectivity index (χ0) is 19.2. The lowest BCUT2D eigenvalue weighted by atomic mass is 10.1. The number of rotatable bonds is 4. The molecule has 2 atom stereocenters. The maximum absolute atomic E-state index is 9.94. The number of aliphatic hydroxyl groups excluding tert-OH is 1. The normalized spacial score (nSPS) is 19.0. The summed E-state index contributed by atoms with van der Waals surface area (Å²) in [5, 5.41) is 36.3. The summed E-state index contributed by atoms with van der Waals surface area (Å²) >= 11 is 0. The zero-order valence-corrected chi connectivity index (χ0v) is 15.7. The molecule has 27 heavy (non-hydrogen) atoms. The fraction of sp³-hybridized carbons (Fsp3) is 0.667. The number of tetrazole rings is 1. The van der Waals surface area contributed by atoms with Gasteiger partial charge in [0.25, 0.3) is 0 Å². The minimum atomic E-state index is -0.373. The monoisotopic (exact) mass is 373 g/mol. The summed E-state index contributed by atoms with van der Waals surface area (Å²) in [6.45, 7) is 9.20. The fourth-order valence-corrected chi connectivity index (χ4v) is 2.98. The molecule has 0 saturated carbocycles. The molecular formula is C15H23N11O. The van der Waals surface area contributed by atoms with Gasteiger partial charge in [-0.05, 0) is 34.1 Å². The Morgan fingerprint density at radius 1 is 1.26 bits per heavy atom. The first kappa shape index (κ1) is 17.5. The maximum Gasteiger partial charge on any atom is 0.227 e. The molecule has 1 aliphatic heterocycles. The summed E-state index contributed by atoms with van der Waals surface area (Å²) in [4.78, 5) is 12.7. The number of aromatic nitrogens is 9. The van der Waals surface area contributed by atoms with Crippen LogP contribution >= 0.6 is 0 Å². The molecule has 3 N–H and O–H groups in total. The van der Waals surface area contributed by atoms with Gasteiger partial charge in [0.15, 0.2) is 11.3 Å². The molecule has 0 amide bonds. The highest BCUT2D eigenvalue weighted by molar-refractivity contribution is 5.84. The number of aliphatic hydroxyl groups is 1. The predicted octanol–water partition coefficient (Wildman–Crippen LogP) is 0.125. The number of anilines is 2. The van der Waals surface area contributed by atoms with E-state index in [1.54, 1.807) is 0 Å². The van der Waals surface area contributed by atoms with E-state index in [9.17, 15) is 5.11 Å². The SMILES string of the molecule is CC(c1nn[nH]n1)n1nc2nc(NC(C)(C)C)nc(N3CCC(O)C3)c2n1. The van der Waals surface area contributed by atoms with E-state index in [1.807, 2.05) is 32.6 Å². The lowest BCUT2D eigenvalue weighted by Crippen LogP contribution is -2.28. The van der Waals surface area contributed by atoms with E-state index >= 15 is 0 Å². The molecular weight excluding hydrogens is 350 g/mol. The van der Waals surface area contributed by atoms with Gasteiger partial charge in [0, 0.05) is 18.6 Å². The summed E-state index contributed by atoms with van der Waals surface area (Å²) in [5.41, 5.74) is 0.853. The van der Waals surface area contributed by atoms with Gasteiger partial charge < -0.3 is 15.3 Å². The highest BCUT2D eigenvalue weighted by Crippen LogP contribution is 2.28. The van der Waals surface area contributed by atoms with E-state index in [4.69, 9.17) is 0 Å². The fourth-order valence-electron chi connectivity index (χ4n) is 2.98. The van der Waals surface area contributed by atoms with Gasteiger partial charge in [0.2, 0.25) is 17.4 Å². The third-order valence-electron chi connectivity index (χ3n) is 4.28. The van der Waals surface area contributed by atoms with Crippen molar-refractivity contribution in [2.75, 3.05) is 23.3 Å². The van der Waals surface area contributed by atoms with Crippen LogP contribution in [-0.2, 0) is 0 Å². The van der Waals surface area contributed by atoms with E-state index in [1.165, 1.54) is 4.80 Å². The van der Waals surface area contributed by atoms with Crippen LogP contribution in [0.1, 0.15) is 46.0 Å². The molecule has 1 saturated heterocycles. The number of hydrogen-bond donors (Lipinski definition) is 3. The minimum absolute atomic E-state index is 0.205. The molecule has 1 aliphatic rings. The van der Waals surface area contributed by atoms with Gasteiger partial charge in [-0.25, -0.2) is 0 Å². The van der Waals surface area contributed by atoms with Crippen molar-refractivity contribution >= 4 is 22.9 Å². The number of hydrogen-bond acceptors (Lipinski definition) is 10. The second kappa shape index (κ2) is 6.37. The Bertz CT molecular complexity index is 929. The van der Waals surface area contributed by atoms with Crippen LogP contribution in [0.2, 0.25) is 0 Å². The van der Waals surface area contributed by atoms with Crippen molar-refractivity contribution in [1.82, 2.24) is 45.6 Å². The van der Waals surface area contributed by atoms with Crippen molar-refractivity contribution in [3.63, 3.8) is 0 Å². The quantitative estimate of drug-likeness (QED) is 0.576. The predicted molar refractivity (Wildman–Crippen MR) is 97.3 cm³/mol. The number of β-amino-alcohol motifs (C(OH)–C–C–N with tert-alkyl or cyclic N) is 1. The third kappa shape index (κ3) is 3.52. The molecule has 12 nitrogen and oxygen atoms in total. The first-order chi connectivity index (χ1) is 12.8. The molecule has 1 fully saturated rings. The smallest absolute Gasteiger partial charge is 0.227 e. The number of fused-ring (bicyclic) bond motifs is 1. The van der Waals surface area contributed by atoms with E-state index < -0.39 is 0 Å². The molecule has 4 heterocycles. The molecule has 144 valence electrons. The summed E-state index contributed by atoms with van der Waals surface area (Å²) in [6.07, 6.45) is 0.323. The third-order valence-corrected chi connectivity index (χ3v) is 4.28. The molecule has 0 spiro atoms. The first-order valence-corrected chi connectivity index (χ1v) is 8.89. The van der Waals surface area contributed by atoms with Crippen LogP contribution in [0.15, 0.2) is 0 Å². The number of nitrogens with zero attached hydrogens (tertiary/aromatic N) is 9. The van der Waals surface area contributed by atoms with Crippen LogP contribution in [0, 0.1) is 0 Å². The summed E-state index contributed by atoms with van der Waals surface area (Å²) in [6, 6.07) is -0.311. The Balaban J connectivity index is 1.79. The van der Waals surface area contributed by atoms with Crippen LogP contribution in [0.4, 0.5) is 11.8 Å². The van der Waals surface area contributed by atoms with Crippen LogP contribution in [0.3, 0.4) is 0 Å². The average molecular weight is 373 g/mol. The molecule has 3 aromatic heterocycles. The Morgan fingerprint density at radius 2 is 2.07 bits per heavy atom. The number of aromatic amines is 1. The van der Waals surface area contributed by atoms with Gasteiger partial charge in [0.1, 0.15) is 6.04 Å². The number of nitrogens with one attached hydrogen (secondary N) is 2. The summed E-state index contributed by atoms with van der Waals surface area (Å²) in [7, 11) is 0. The van der Waals surface area contributed by atoms with Crippen molar-refractivity contribution < 1.29 is 5.11 Å². The van der Waals surface area contributed by atoms with Gasteiger partial charge >= 0.3 is 0 Å². The second-order valence-corrected chi connectivity index (χ2v) is 7.77.